The van der Waals surface area contributed by atoms with Gasteiger partial charge in [-0.3, -0.25) is 9.59 Å². The lowest BCUT2D eigenvalue weighted by Gasteiger charge is -2.30. The van der Waals surface area contributed by atoms with Gasteiger partial charge in [-0.2, -0.15) is 0 Å². The number of carbonyl (C=O) groups is 2. The molecular formula is C13H18N2O3. The van der Waals surface area contributed by atoms with Gasteiger partial charge >= 0.3 is 0 Å². The summed E-state index contributed by atoms with van der Waals surface area (Å²) < 4.78 is 5.34. The maximum atomic E-state index is 12.3. The standard InChI is InChI=1S/C13H18N2O3/c1-8-12(18-9(2)14-8)13(17)15(3)10-4-6-11(16)7-5-10/h10H,4-7H2,1-3H3. The number of aromatic nitrogens is 1. The number of rotatable bonds is 2. The van der Waals surface area contributed by atoms with Crippen LogP contribution in [0, 0.1) is 13.8 Å². The number of hydrogen-bond donors (Lipinski definition) is 0. The van der Waals surface area contributed by atoms with Gasteiger partial charge in [0, 0.05) is 32.9 Å². The fourth-order valence-electron chi connectivity index (χ4n) is 2.37. The van der Waals surface area contributed by atoms with E-state index in [2.05, 4.69) is 4.98 Å². The van der Waals surface area contributed by atoms with Gasteiger partial charge in [-0.15, -0.1) is 0 Å². The Morgan fingerprint density at radius 3 is 2.44 bits per heavy atom. The van der Waals surface area contributed by atoms with Gasteiger partial charge in [0.25, 0.3) is 5.91 Å². The number of Topliss-reactive ketones (excluding diaryl/α,β-unsaturated/α-hetero) is 1. The highest BCUT2D eigenvalue weighted by Gasteiger charge is 2.28. The quantitative estimate of drug-likeness (QED) is 0.803. The number of ketones is 1. The average Bonchev–Trinajstić information content (AvgIpc) is 2.67. The summed E-state index contributed by atoms with van der Waals surface area (Å²) in [6.07, 6.45) is 2.62. The highest BCUT2D eigenvalue weighted by Crippen LogP contribution is 2.22. The van der Waals surface area contributed by atoms with Crippen LogP contribution >= 0.6 is 0 Å². The van der Waals surface area contributed by atoms with E-state index in [0.29, 0.717) is 36.0 Å². The Morgan fingerprint density at radius 2 is 1.94 bits per heavy atom. The van der Waals surface area contributed by atoms with E-state index in [-0.39, 0.29) is 11.9 Å². The Kier molecular flexibility index (Phi) is 3.50. The molecule has 5 nitrogen and oxygen atoms in total. The minimum Gasteiger partial charge on any atom is -0.436 e. The minimum absolute atomic E-state index is 0.125. The molecular weight excluding hydrogens is 232 g/mol. The average molecular weight is 250 g/mol. The molecule has 2 rings (SSSR count). The van der Waals surface area contributed by atoms with Gasteiger partial charge in [-0.25, -0.2) is 4.98 Å². The van der Waals surface area contributed by atoms with Gasteiger partial charge in [0.05, 0.1) is 5.69 Å². The van der Waals surface area contributed by atoms with Gasteiger partial charge in [0.15, 0.2) is 5.89 Å². The van der Waals surface area contributed by atoms with Crippen molar-refractivity contribution in [3.8, 4) is 0 Å². The Labute approximate surface area is 106 Å². The van der Waals surface area contributed by atoms with Gasteiger partial charge < -0.3 is 9.32 Å². The third-order valence-corrected chi connectivity index (χ3v) is 3.48. The van der Waals surface area contributed by atoms with Crippen LogP contribution in [0.1, 0.15) is 47.8 Å². The summed E-state index contributed by atoms with van der Waals surface area (Å²) in [5, 5.41) is 0. The van der Waals surface area contributed by atoms with E-state index in [0.717, 1.165) is 12.8 Å². The molecule has 1 aromatic rings. The van der Waals surface area contributed by atoms with Crippen LogP contribution in [-0.2, 0) is 4.79 Å². The SMILES string of the molecule is Cc1nc(C)c(C(=O)N(C)C2CCC(=O)CC2)o1. The molecule has 0 bridgehead atoms. The van der Waals surface area contributed by atoms with E-state index >= 15 is 0 Å². The van der Waals surface area contributed by atoms with E-state index < -0.39 is 0 Å². The molecule has 1 aromatic heterocycles. The summed E-state index contributed by atoms with van der Waals surface area (Å²) in [5.74, 6) is 0.959. The normalized spacial score (nSPS) is 16.9. The highest BCUT2D eigenvalue weighted by molar-refractivity contribution is 5.92. The van der Waals surface area contributed by atoms with Crippen molar-refractivity contribution in [1.29, 1.82) is 0 Å². The maximum Gasteiger partial charge on any atom is 0.291 e. The Bertz CT molecular complexity index is 469. The van der Waals surface area contributed by atoms with E-state index in [9.17, 15) is 9.59 Å². The predicted octanol–water partition coefficient (Wildman–Crippen LogP) is 1.88. The van der Waals surface area contributed by atoms with Gasteiger partial charge in [-0.05, 0) is 19.8 Å². The van der Waals surface area contributed by atoms with E-state index in [1.807, 2.05) is 0 Å². The third kappa shape index (κ3) is 2.44. The molecule has 1 saturated carbocycles. The first-order valence-electron chi connectivity index (χ1n) is 6.22. The van der Waals surface area contributed by atoms with Crippen molar-refractivity contribution in [3.05, 3.63) is 17.3 Å². The summed E-state index contributed by atoms with van der Waals surface area (Å²) in [7, 11) is 1.76. The van der Waals surface area contributed by atoms with Crippen molar-refractivity contribution < 1.29 is 14.0 Å². The lowest BCUT2D eigenvalue weighted by molar-refractivity contribution is -0.121. The number of nitrogens with zero attached hydrogens (tertiary/aromatic N) is 2. The molecule has 1 aliphatic rings. The zero-order chi connectivity index (χ0) is 13.3. The van der Waals surface area contributed by atoms with Gasteiger partial charge in [0.2, 0.25) is 5.76 Å². The molecule has 0 radical (unpaired) electrons. The molecule has 0 N–H and O–H groups in total. The van der Waals surface area contributed by atoms with E-state index in [1.54, 1.807) is 25.8 Å². The second kappa shape index (κ2) is 4.92. The van der Waals surface area contributed by atoms with Crippen LogP contribution in [0.3, 0.4) is 0 Å². The molecule has 0 saturated heterocycles. The van der Waals surface area contributed by atoms with Gasteiger partial charge in [0.1, 0.15) is 5.78 Å². The van der Waals surface area contributed by atoms with E-state index in [4.69, 9.17) is 4.42 Å². The first kappa shape index (κ1) is 12.8. The first-order chi connectivity index (χ1) is 8.49. The smallest absolute Gasteiger partial charge is 0.291 e. The van der Waals surface area contributed by atoms with Crippen molar-refractivity contribution in [2.24, 2.45) is 0 Å². The third-order valence-electron chi connectivity index (χ3n) is 3.48. The second-order valence-electron chi connectivity index (χ2n) is 4.83. The zero-order valence-electron chi connectivity index (χ0n) is 11.0. The lowest BCUT2D eigenvalue weighted by Crippen LogP contribution is -2.39. The fourth-order valence-corrected chi connectivity index (χ4v) is 2.37. The van der Waals surface area contributed by atoms with Crippen molar-refractivity contribution in [3.63, 3.8) is 0 Å². The number of aryl methyl sites for hydroxylation is 2. The van der Waals surface area contributed by atoms with Crippen LogP contribution in [0.25, 0.3) is 0 Å². The van der Waals surface area contributed by atoms with Crippen molar-refractivity contribution in [2.45, 2.75) is 45.6 Å². The highest BCUT2D eigenvalue weighted by atomic mass is 16.4. The minimum atomic E-state index is -0.146. The Hall–Kier alpha value is -1.65. The van der Waals surface area contributed by atoms with Crippen molar-refractivity contribution in [2.75, 3.05) is 7.05 Å². The van der Waals surface area contributed by atoms with Crippen LogP contribution in [0.5, 0.6) is 0 Å². The van der Waals surface area contributed by atoms with Crippen LogP contribution in [0.4, 0.5) is 0 Å². The molecule has 0 spiro atoms. The van der Waals surface area contributed by atoms with E-state index in [1.165, 1.54) is 0 Å². The molecule has 1 amide bonds. The van der Waals surface area contributed by atoms with Gasteiger partial charge in [-0.1, -0.05) is 0 Å². The predicted molar refractivity (Wildman–Crippen MR) is 65.3 cm³/mol. The summed E-state index contributed by atoms with van der Waals surface area (Å²) in [4.78, 5) is 29.2. The molecule has 0 aliphatic heterocycles. The summed E-state index contributed by atoms with van der Waals surface area (Å²) in [6.45, 7) is 3.49. The summed E-state index contributed by atoms with van der Waals surface area (Å²) in [6, 6.07) is 0.125. The molecule has 1 fully saturated rings. The second-order valence-corrected chi connectivity index (χ2v) is 4.83. The number of amides is 1. The number of oxazole rings is 1. The van der Waals surface area contributed by atoms with Crippen LogP contribution in [-0.4, -0.2) is 34.7 Å². The van der Waals surface area contributed by atoms with Crippen LogP contribution < -0.4 is 0 Å². The van der Waals surface area contributed by atoms with Crippen molar-refractivity contribution >= 4 is 11.7 Å². The van der Waals surface area contributed by atoms with Crippen LogP contribution in [0.2, 0.25) is 0 Å². The van der Waals surface area contributed by atoms with Crippen LogP contribution in [0.15, 0.2) is 4.42 Å². The number of hydrogen-bond acceptors (Lipinski definition) is 4. The fraction of sp³-hybridized carbons (Fsp3) is 0.615. The molecule has 0 unspecified atom stereocenters. The zero-order valence-corrected chi connectivity index (χ0v) is 11.0. The Morgan fingerprint density at radius 1 is 1.33 bits per heavy atom. The molecule has 0 atom stereocenters. The van der Waals surface area contributed by atoms with Crippen molar-refractivity contribution in [1.82, 2.24) is 9.88 Å². The monoisotopic (exact) mass is 250 g/mol. The molecule has 18 heavy (non-hydrogen) atoms. The Balaban J connectivity index is 2.09. The largest absolute Gasteiger partial charge is 0.436 e. The molecule has 5 heteroatoms. The molecule has 0 aromatic carbocycles. The summed E-state index contributed by atoms with van der Waals surface area (Å²) in [5.41, 5.74) is 0.622. The molecule has 98 valence electrons. The lowest BCUT2D eigenvalue weighted by atomic mass is 9.93. The maximum absolute atomic E-state index is 12.3. The molecule has 1 heterocycles. The molecule has 1 aliphatic carbocycles. The first-order valence-corrected chi connectivity index (χ1v) is 6.22. The topological polar surface area (TPSA) is 63.4 Å². The summed E-state index contributed by atoms with van der Waals surface area (Å²) >= 11 is 0. The number of carbonyl (C=O) groups excluding carboxylic acids is 2.